The fourth-order valence-corrected chi connectivity index (χ4v) is 3.32. The molecule has 4 nitrogen and oxygen atoms in total. The van der Waals surface area contributed by atoms with Crippen LogP contribution in [0.5, 0.6) is 0 Å². The largest absolute Gasteiger partial charge is 0.399 e. The normalized spacial score (nSPS) is 10.6. The zero-order valence-corrected chi connectivity index (χ0v) is 9.83. The lowest BCUT2D eigenvalue weighted by Gasteiger charge is -1.91. The highest BCUT2D eigenvalue weighted by molar-refractivity contribution is 14.1. The number of nitro groups is 1. The molecule has 0 saturated heterocycles. The molecule has 72 valence electrons. The van der Waals surface area contributed by atoms with Crippen LogP contribution >= 0.6 is 33.9 Å². The Hall–Kier alpha value is -0.890. The van der Waals surface area contributed by atoms with Gasteiger partial charge in [-0.15, -0.1) is 0 Å². The number of halogens is 1. The molecule has 0 spiro atoms. The number of fused-ring (bicyclic) bond motifs is 1. The maximum absolute atomic E-state index is 10.7. The topological polar surface area (TPSA) is 69.2 Å². The van der Waals surface area contributed by atoms with Gasteiger partial charge in [0.15, 0.2) is 0 Å². The van der Waals surface area contributed by atoms with Gasteiger partial charge in [0.2, 0.25) is 0 Å². The van der Waals surface area contributed by atoms with Crippen molar-refractivity contribution in [3.05, 3.63) is 31.9 Å². The van der Waals surface area contributed by atoms with Crippen molar-refractivity contribution in [2.24, 2.45) is 0 Å². The number of nitrogens with two attached hydrogens (primary N) is 1. The van der Waals surface area contributed by atoms with Gasteiger partial charge >= 0.3 is 5.00 Å². The van der Waals surface area contributed by atoms with Crippen molar-refractivity contribution in [2.45, 2.75) is 0 Å². The summed E-state index contributed by atoms with van der Waals surface area (Å²) < 4.78 is 1.55. The summed E-state index contributed by atoms with van der Waals surface area (Å²) >= 11 is 3.15. The Bertz CT molecular complexity index is 523. The Morgan fingerprint density at radius 2 is 2.21 bits per heavy atom. The van der Waals surface area contributed by atoms with E-state index in [1.165, 1.54) is 0 Å². The second kappa shape index (κ2) is 3.35. The van der Waals surface area contributed by atoms with Crippen LogP contribution in [0.2, 0.25) is 0 Å². The van der Waals surface area contributed by atoms with Crippen molar-refractivity contribution in [1.82, 2.24) is 0 Å². The van der Waals surface area contributed by atoms with Gasteiger partial charge in [-0.2, -0.15) is 0 Å². The summed E-state index contributed by atoms with van der Waals surface area (Å²) in [6.45, 7) is 0. The van der Waals surface area contributed by atoms with Crippen LogP contribution in [0.15, 0.2) is 18.2 Å². The molecular weight excluding hydrogens is 315 g/mol. The molecular formula is C8H5IN2O2S. The smallest absolute Gasteiger partial charge is 0.338 e. The standard InChI is InChI=1S/C8H5IN2O2S/c9-7-5-2-1-4(10)3-6(5)14-8(7)11(12)13/h1-3H,10H2. The van der Waals surface area contributed by atoms with E-state index in [4.69, 9.17) is 5.73 Å². The van der Waals surface area contributed by atoms with Crippen LogP contribution in [-0.4, -0.2) is 4.92 Å². The Morgan fingerprint density at radius 1 is 1.50 bits per heavy atom. The molecule has 0 amide bonds. The summed E-state index contributed by atoms with van der Waals surface area (Å²) in [6.07, 6.45) is 0. The predicted molar refractivity (Wildman–Crippen MR) is 65.6 cm³/mol. The molecule has 0 aliphatic heterocycles. The lowest BCUT2D eigenvalue weighted by atomic mass is 10.2. The lowest BCUT2D eigenvalue weighted by molar-refractivity contribution is -0.381. The van der Waals surface area contributed by atoms with Gasteiger partial charge in [0.25, 0.3) is 0 Å². The minimum atomic E-state index is -0.359. The molecule has 14 heavy (non-hydrogen) atoms. The van der Waals surface area contributed by atoms with Gasteiger partial charge in [-0.3, -0.25) is 10.1 Å². The molecule has 2 N–H and O–H groups in total. The molecule has 0 aliphatic carbocycles. The Labute approximate surface area is 97.0 Å². The minimum Gasteiger partial charge on any atom is -0.399 e. The quantitative estimate of drug-likeness (QED) is 0.380. The number of hydrogen-bond donors (Lipinski definition) is 1. The summed E-state index contributed by atoms with van der Waals surface area (Å²) in [5.74, 6) is 0. The van der Waals surface area contributed by atoms with E-state index in [0.717, 1.165) is 21.4 Å². The van der Waals surface area contributed by atoms with Crippen LogP contribution in [0.4, 0.5) is 10.7 Å². The average Bonchev–Trinajstić information content (AvgIpc) is 2.43. The number of thiophene rings is 1. The number of hydrogen-bond acceptors (Lipinski definition) is 4. The molecule has 2 aromatic rings. The SMILES string of the molecule is Nc1ccc2c(I)c([N+](=O)[O-])sc2c1. The first kappa shape index (κ1) is 9.66. The summed E-state index contributed by atoms with van der Waals surface area (Å²) in [4.78, 5) is 10.3. The Kier molecular flexibility index (Phi) is 2.31. The van der Waals surface area contributed by atoms with Crippen LogP contribution in [0, 0.1) is 13.7 Å². The van der Waals surface area contributed by atoms with Crippen molar-refractivity contribution < 1.29 is 4.92 Å². The van der Waals surface area contributed by atoms with Gasteiger partial charge in [0.05, 0.1) is 4.92 Å². The van der Waals surface area contributed by atoms with E-state index in [-0.39, 0.29) is 9.92 Å². The highest BCUT2D eigenvalue weighted by atomic mass is 127. The average molecular weight is 320 g/mol. The number of nitrogen functional groups attached to an aromatic ring is 1. The summed E-state index contributed by atoms with van der Waals surface area (Å²) in [5, 5.41) is 11.7. The van der Waals surface area contributed by atoms with E-state index >= 15 is 0 Å². The third-order valence-corrected chi connectivity index (χ3v) is 4.36. The third-order valence-electron chi connectivity index (χ3n) is 1.80. The van der Waals surface area contributed by atoms with Crippen LogP contribution < -0.4 is 5.73 Å². The molecule has 0 atom stereocenters. The molecule has 0 unspecified atom stereocenters. The summed E-state index contributed by atoms with van der Waals surface area (Å²) in [6, 6.07) is 5.33. The van der Waals surface area contributed by atoms with Crippen LogP contribution in [-0.2, 0) is 0 Å². The van der Waals surface area contributed by atoms with Crippen LogP contribution in [0.25, 0.3) is 10.1 Å². The Morgan fingerprint density at radius 3 is 2.86 bits per heavy atom. The van der Waals surface area contributed by atoms with Crippen LogP contribution in [0.1, 0.15) is 0 Å². The number of anilines is 1. The number of benzene rings is 1. The molecule has 2 rings (SSSR count). The van der Waals surface area contributed by atoms with Gasteiger partial charge in [-0.05, 0) is 34.7 Å². The van der Waals surface area contributed by atoms with Gasteiger partial charge < -0.3 is 5.73 Å². The van der Waals surface area contributed by atoms with E-state index in [1.54, 1.807) is 12.1 Å². The number of rotatable bonds is 1. The van der Waals surface area contributed by atoms with E-state index in [0.29, 0.717) is 9.26 Å². The third kappa shape index (κ3) is 1.44. The van der Waals surface area contributed by atoms with Crippen LogP contribution in [0.3, 0.4) is 0 Å². The number of nitrogens with zero attached hydrogens (tertiary/aromatic N) is 1. The fraction of sp³-hybridized carbons (Fsp3) is 0. The molecule has 6 heteroatoms. The van der Waals surface area contributed by atoms with Crippen molar-refractivity contribution >= 4 is 54.7 Å². The molecule has 1 aromatic carbocycles. The van der Waals surface area contributed by atoms with Crippen molar-refractivity contribution in [1.29, 1.82) is 0 Å². The summed E-state index contributed by atoms with van der Waals surface area (Å²) in [7, 11) is 0. The van der Waals surface area contributed by atoms with E-state index in [9.17, 15) is 10.1 Å². The van der Waals surface area contributed by atoms with Crippen molar-refractivity contribution in [3.63, 3.8) is 0 Å². The van der Waals surface area contributed by atoms with Gasteiger partial charge in [-0.1, -0.05) is 17.4 Å². The Balaban J connectivity index is 2.79. The fourth-order valence-electron chi connectivity index (χ4n) is 1.19. The van der Waals surface area contributed by atoms with Gasteiger partial charge in [0.1, 0.15) is 3.57 Å². The van der Waals surface area contributed by atoms with Crippen molar-refractivity contribution in [2.75, 3.05) is 5.73 Å². The summed E-state index contributed by atoms with van der Waals surface area (Å²) in [5.41, 5.74) is 6.22. The minimum absolute atomic E-state index is 0.186. The molecule has 0 bridgehead atoms. The first-order valence-electron chi connectivity index (χ1n) is 3.71. The van der Waals surface area contributed by atoms with Gasteiger partial charge in [-0.25, -0.2) is 0 Å². The predicted octanol–water partition coefficient (Wildman–Crippen LogP) is 3.00. The maximum Gasteiger partial charge on any atom is 0.338 e. The molecule has 0 radical (unpaired) electrons. The zero-order chi connectivity index (χ0) is 10.3. The molecule has 1 aromatic heterocycles. The second-order valence-electron chi connectivity index (χ2n) is 2.73. The van der Waals surface area contributed by atoms with E-state index in [2.05, 4.69) is 0 Å². The van der Waals surface area contributed by atoms with Gasteiger partial charge in [0, 0.05) is 15.8 Å². The maximum atomic E-state index is 10.7. The van der Waals surface area contributed by atoms with E-state index < -0.39 is 0 Å². The zero-order valence-electron chi connectivity index (χ0n) is 6.86. The highest BCUT2D eigenvalue weighted by Gasteiger charge is 2.18. The molecule has 0 saturated carbocycles. The lowest BCUT2D eigenvalue weighted by Crippen LogP contribution is -1.85. The second-order valence-corrected chi connectivity index (χ2v) is 4.84. The first-order valence-corrected chi connectivity index (χ1v) is 5.61. The van der Waals surface area contributed by atoms with Crippen molar-refractivity contribution in [3.8, 4) is 0 Å². The molecule has 1 heterocycles. The van der Waals surface area contributed by atoms with E-state index in [1.807, 2.05) is 28.7 Å². The molecule has 0 fully saturated rings. The molecule has 0 aliphatic rings. The monoisotopic (exact) mass is 320 g/mol. The highest BCUT2D eigenvalue weighted by Crippen LogP contribution is 2.38. The first-order chi connectivity index (χ1) is 6.59.